The Bertz CT molecular complexity index is 315. The molecule has 1 aromatic heterocycles. The van der Waals surface area contributed by atoms with Crippen LogP contribution in [0.2, 0.25) is 0 Å². The standard InChI is InChI=1S/C11H14N2O/c1-2-9-6-13(7-9)11-4-3-10(8-14)5-12-11/h3-5,8-9H,2,6-7H2,1H3. The normalized spacial score (nSPS) is 16.5. The van der Waals surface area contributed by atoms with Crippen molar-refractivity contribution >= 4 is 12.1 Å². The van der Waals surface area contributed by atoms with Crippen LogP contribution in [0.1, 0.15) is 23.7 Å². The zero-order valence-corrected chi connectivity index (χ0v) is 8.31. The number of rotatable bonds is 3. The largest absolute Gasteiger partial charge is 0.356 e. The molecule has 14 heavy (non-hydrogen) atoms. The number of aldehydes is 1. The molecule has 1 aliphatic heterocycles. The van der Waals surface area contributed by atoms with E-state index in [0.717, 1.165) is 31.1 Å². The lowest BCUT2D eigenvalue weighted by atomic mass is 9.97. The highest BCUT2D eigenvalue weighted by Crippen LogP contribution is 2.24. The summed E-state index contributed by atoms with van der Waals surface area (Å²) in [6, 6.07) is 3.73. The van der Waals surface area contributed by atoms with Crippen LogP contribution in [-0.2, 0) is 0 Å². The van der Waals surface area contributed by atoms with Crippen LogP contribution in [0.25, 0.3) is 0 Å². The molecule has 74 valence electrons. The fourth-order valence-electron chi connectivity index (χ4n) is 1.67. The van der Waals surface area contributed by atoms with E-state index in [1.54, 1.807) is 6.20 Å². The Balaban J connectivity index is 2.01. The van der Waals surface area contributed by atoms with Gasteiger partial charge in [-0.15, -0.1) is 0 Å². The van der Waals surface area contributed by atoms with E-state index in [1.165, 1.54) is 6.42 Å². The van der Waals surface area contributed by atoms with Gasteiger partial charge in [-0.05, 0) is 24.5 Å². The molecule has 0 bridgehead atoms. The van der Waals surface area contributed by atoms with Gasteiger partial charge in [0.1, 0.15) is 5.82 Å². The SMILES string of the molecule is CCC1CN(c2ccc(C=O)cn2)C1. The summed E-state index contributed by atoms with van der Waals surface area (Å²) in [5, 5.41) is 0. The van der Waals surface area contributed by atoms with Gasteiger partial charge in [0.2, 0.25) is 0 Å². The van der Waals surface area contributed by atoms with Crippen molar-refractivity contribution in [3.63, 3.8) is 0 Å². The Kier molecular flexibility index (Phi) is 2.48. The van der Waals surface area contributed by atoms with Crippen molar-refractivity contribution in [1.82, 2.24) is 4.98 Å². The Morgan fingerprint density at radius 2 is 2.36 bits per heavy atom. The van der Waals surface area contributed by atoms with E-state index in [0.29, 0.717) is 5.56 Å². The Morgan fingerprint density at radius 3 is 2.86 bits per heavy atom. The third-order valence-electron chi connectivity index (χ3n) is 2.77. The summed E-state index contributed by atoms with van der Waals surface area (Å²) in [5.41, 5.74) is 0.640. The number of nitrogens with zero attached hydrogens (tertiary/aromatic N) is 2. The molecule has 0 atom stereocenters. The number of pyridine rings is 1. The molecule has 3 nitrogen and oxygen atoms in total. The van der Waals surface area contributed by atoms with Crippen molar-refractivity contribution in [2.45, 2.75) is 13.3 Å². The molecule has 0 saturated carbocycles. The van der Waals surface area contributed by atoms with Crippen LogP contribution in [0, 0.1) is 5.92 Å². The molecule has 0 amide bonds. The molecule has 0 aliphatic carbocycles. The summed E-state index contributed by atoms with van der Waals surface area (Å²) in [4.78, 5) is 16.9. The van der Waals surface area contributed by atoms with Gasteiger partial charge >= 0.3 is 0 Å². The summed E-state index contributed by atoms with van der Waals surface area (Å²) in [7, 11) is 0. The summed E-state index contributed by atoms with van der Waals surface area (Å²) in [6.45, 7) is 4.42. The van der Waals surface area contributed by atoms with Crippen molar-refractivity contribution < 1.29 is 4.79 Å². The van der Waals surface area contributed by atoms with Crippen LogP contribution < -0.4 is 4.90 Å². The van der Waals surface area contributed by atoms with Crippen molar-refractivity contribution in [2.75, 3.05) is 18.0 Å². The number of carbonyl (C=O) groups excluding carboxylic acids is 1. The number of anilines is 1. The van der Waals surface area contributed by atoms with E-state index in [1.807, 2.05) is 12.1 Å². The van der Waals surface area contributed by atoms with Crippen LogP contribution in [0.5, 0.6) is 0 Å². The van der Waals surface area contributed by atoms with Gasteiger partial charge in [-0.3, -0.25) is 4.79 Å². The molecule has 0 unspecified atom stereocenters. The van der Waals surface area contributed by atoms with Gasteiger partial charge in [-0.1, -0.05) is 6.92 Å². The van der Waals surface area contributed by atoms with Gasteiger partial charge in [0, 0.05) is 24.8 Å². The fraction of sp³-hybridized carbons (Fsp3) is 0.455. The number of carbonyl (C=O) groups is 1. The molecule has 1 aliphatic rings. The van der Waals surface area contributed by atoms with Crippen LogP contribution in [0.4, 0.5) is 5.82 Å². The predicted octanol–water partition coefficient (Wildman–Crippen LogP) is 1.74. The monoisotopic (exact) mass is 190 g/mol. The third kappa shape index (κ3) is 1.62. The molecular formula is C11H14N2O. The first-order valence-corrected chi connectivity index (χ1v) is 4.99. The number of aromatic nitrogens is 1. The maximum absolute atomic E-state index is 10.4. The zero-order chi connectivity index (χ0) is 9.97. The highest BCUT2D eigenvalue weighted by molar-refractivity contribution is 5.74. The lowest BCUT2D eigenvalue weighted by Crippen LogP contribution is -2.46. The smallest absolute Gasteiger partial charge is 0.151 e. The van der Waals surface area contributed by atoms with Crippen LogP contribution in [-0.4, -0.2) is 24.4 Å². The number of hydrogen-bond donors (Lipinski definition) is 0. The molecule has 2 rings (SSSR count). The fourth-order valence-corrected chi connectivity index (χ4v) is 1.67. The lowest BCUT2D eigenvalue weighted by Gasteiger charge is -2.39. The Hall–Kier alpha value is -1.38. The zero-order valence-electron chi connectivity index (χ0n) is 8.31. The summed E-state index contributed by atoms with van der Waals surface area (Å²) in [6.07, 6.45) is 3.69. The summed E-state index contributed by atoms with van der Waals surface area (Å²) in [5.74, 6) is 1.81. The second-order valence-electron chi connectivity index (χ2n) is 3.75. The quantitative estimate of drug-likeness (QED) is 0.681. The topological polar surface area (TPSA) is 33.2 Å². The maximum atomic E-state index is 10.4. The van der Waals surface area contributed by atoms with E-state index in [4.69, 9.17) is 0 Å². The van der Waals surface area contributed by atoms with E-state index < -0.39 is 0 Å². The van der Waals surface area contributed by atoms with Gasteiger partial charge < -0.3 is 4.90 Å². The second kappa shape index (κ2) is 3.78. The van der Waals surface area contributed by atoms with Gasteiger partial charge in [0.05, 0.1) is 0 Å². The van der Waals surface area contributed by atoms with E-state index in [2.05, 4.69) is 16.8 Å². The molecule has 0 radical (unpaired) electrons. The van der Waals surface area contributed by atoms with Gasteiger partial charge in [0.25, 0.3) is 0 Å². The number of hydrogen-bond acceptors (Lipinski definition) is 3. The van der Waals surface area contributed by atoms with Crippen LogP contribution in [0.15, 0.2) is 18.3 Å². The molecule has 0 spiro atoms. The first-order chi connectivity index (χ1) is 6.83. The van der Waals surface area contributed by atoms with E-state index in [9.17, 15) is 4.79 Å². The highest BCUT2D eigenvalue weighted by Gasteiger charge is 2.25. The second-order valence-corrected chi connectivity index (χ2v) is 3.75. The molecule has 1 aromatic rings. The van der Waals surface area contributed by atoms with E-state index in [-0.39, 0.29) is 0 Å². The maximum Gasteiger partial charge on any atom is 0.151 e. The van der Waals surface area contributed by atoms with Crippen molar-refractivity contribution in [3.05, 3.63) is 23.9 Å². The average Bonchev–Trinajstić information content (AvgIpc) is 2.17. The van der Waals surface area contributed by atoms with E-state index >= 15 is 0 Å². The summed E-state index contributed by atoms with van der Waals surface area (Å²) >= 11 is 0. The van der Waals surface area contributed by atoms with Crippen LogP contribution in [0.3, 0.4) is 0 Å². The third-order valence-corrected chi connectivity index (χ3v) is 2.77. The molecule has 1 saturated heterocycles. The lowest BCUT2D eigenvalue weighted by molar-refractivity contribution is 0.112. The van der Waals surface area contributed by atoms with Gasteiger partial charge in [-0.25, -0.2) is 4.98 Å². The minimum Gasteiger partial charge on any atom is -0.356 e. The summed E-state index contributed by atoms with van der Waals surface area (Å²) < 4.78 is 0. The van der Waals surface area contributed by atoms with Crippen molar-refractivity contribution in [2.24, 2.45) is 5.92 Å². The minimum absolute atomic E-state index is 0.640. The average molecular weight is 190 g/mol. The highest BCUT2D eigenvalue weighted by atomic mass is 16.1. The van der Waals surface area contributed by atoms with Gasteiger partial charge in [0.15, 0.2) is 6.29 Å². The molecule has 0 N–H and O–H groups in total. The van der Waals surface area contributed by atoms with Gasteiger partial charge in [-0.2, -0.15) is 0 Å². The van der Waals surface area contributed by atoms with Crippen molar-refractivity contribution in [3.8, 4) is 0 Å². The molecular weight excluding hydrogens is 176 g/mol. The van der Waals surface area contributed by atoms with Crippen molar-refractivity contribution in [1.29, 1.82) is 0 Å². The minimum atomic E-state index is 0.640. The molecule has 1 fully saturated rings. The first kappa shape index (κ1) is 9.19. The molecule has 3 heteroatoms. The van der Waals surface area contributed by atoms with Crippen LogP contribution >= 0.6 is 0 Å². The first-order valence-electron chi connectivity index (χ1n) is 4.99. The molecule has 0 aromatic carbocycles. The predicted molar refractivity (Wildman–Crippen MR) is 55.6 cm³/mol. The Morgan fingerprint density at radius 1 is 1.57 bits per heavy atom. The Labute approximate surface area is 83.8 Å². The molecule has 2 heterocycles.